The highest BCUT2D eigenvalue weighted by Crippen LogP contribution is 2.28. The van der Waals surface area contributed by atoms with Crippen LogP contribution in [0.3, 0.4) is 0 Å². The molecule has 3 heteroatoms. The van der Waals surface area contributed by atoms with E-state index in [1.54, 1.807) is 0 Å². The van der Waals surface area contributed by atoms with Crippen LogP contribution in [0.5, 0.6) is 11.5 Å². The molecule has 0 amide bonds. The molecule has 25 heavy (non-hydrogen) atoms. The van der Waals surface area contributed by atoms with Gasteiger partial charge in [0.2, 0.25) is 0 Å². The van der Waals surface area contributed by atoms with Crippen LogP contribution in [0.1, 0.15) is 16.7 Å². The predicted octanol–water partition coefficient (Wildman–Crippen LogP) is 4.42. The van der Waals surface area contributed by atoms with E-state index in [1.807, 2.05) is 18.2 Å². The van der Waals surface area contributed by atoms with E-state index in [-0.39, 0.29) is 0 Å². The minimum absolute atomic E-state index is 0.504. The first-order valence-corrected chi connectivity index (χ1v) is 8.73. The Labute approximate surface area is 149 Å². The number of para-hydroxylation sites is 1. The van der Waals surface area contributed by atoms with Gasteiger partial charge < -0.3 is 15.2 Å². The molecule has 3 aromatic carbocycles. The Hall–Kier alpha value is -2.52. The molecule has 3 rings (SSSR count). The maximum atomic E-state index is 6.02. The molecular weight excluding hydrogens is 310 g/mol. The van der Waals surface area contributed by atoms with Crippen LogP contribution in [0.2, 0.25) is 0 Å². The van der Waals surface area contributed by atoms with Crippen molar-refractivity contribution in [1.29, 1.82) is 0 Å². The predicted molar refractivity (Wildman–Crippen MR) is 104 cm³/mol. The number of benzene rings is 3. The van der Waals surface area contributed by atoms with Crippen molar-refractivity contribution in [3.05, 3.63) is 71.3 Å². The summed E-state index contributed by atoms with van der Waals surface area (Å²) in [5.41, 5.74) is 9.27. The number of hydrogen-bond donors (Lipinski definition) is 1. The summed E-state index contributed by atoms with van der Waals surface area (Å²) in [6.07, 6.45) is 0.800. The van der Waals surface area contributed by atoms with E-state index < -0.39 is 0 Å². The zero-order chi connectivity index (χ0) is 17.6. The minimum Gasteiger partial charge on any atom is -0.490 e. The maximum absolute atomic E-state index is 6.02. The van der Waals surface area contributed by atoms with Crippen LogP contribution in [-0.2, 0) is 6.42 Å². The lowest BCUT2D eigenvalue weighted by molar-refractivity contribution is 0.214. The van der Waals surface area contributed by atoms with Crippen molar-refractivity contribution >= 4 is 10.8 Å². The molecule has 0 saturated carbocycles. The largest absolute Gasteiger partial charge is 0.490 e. The topological polar surface area (TPSA) is 44.5 Å². The van der Waals surface area contributed by atoms with E-state index in [4.69, 9.17) is 15.2 Å². The first kappa shape index (κ1) is 17.3. The minimum atomic E-state index is 0.504. The number of fused-ring (bicyclic) bond motifs is 1. The van der Waals surface area contributed by atoms with Gasteiger partial charge in [0.15, 0.2) is 0 Å². The van der Waals surface area contributed by atoms with E-state index in [0.29, 0.717) is 19.8 Å². The van der Waals surface area contributed by atoms with Gasteiger partial charge in [-0.05, 0) is 54.8 Å². The number of rotatable bonds is 7. The van der Waals surface area contributed by atoms with Gasteiger partial charge in [-0.2, -0.15) is 0 Å². The number of aryl methyl sites for hydroxylation is 2. The highest BCUT2D eigenvalue weighted by Gasteiger charge is 2.09. The first-order valence-electron chi connectivity index (χ1n) is 8.73. The molecule has 3 nitrogen and oxygen atoms in total. The third-order valence-electron chi connectivity index (χ3n) is 4.39. The molecule has 0 aliphatic carbocycles. The molecule has 0 fully saturated rings. The monoisotopic (exact) mass is 335 g/mol. The third-order valence-corrected chi connectivity index (χ3v) is 4.39. The lowest BCUT2D eigenvalue weighted by Crippen LogP contribution is -2.12. The standard InChI is InChI=1S/C22H25NO2/c1-16-6-5-7-17(2)22(16)25-15-14-24-21-11-10-18-8-3-4-9-19(18)20(21)12-13-23/h3-11H,12-15,23H2,1-2H3. The summed E-state index contributed by atoms with van der Waals surface area (Å²) in [6.45, 7) is 5.74. The average molecular weight is 335 g/mol. The molecule has 0 aliphatic rings. The fourth-order valence-corrected chi connectivity index (χ4v) is 3.18. The molecule has 0 spiro atoms. The Morgan fingerprint density at radius 2 is 1.52 bits per heavy atom. The van der Waals surface area contributed by atoms with Gasteiger partial charge >= 0.3 is 0 Å². The second kappa shape index (κ2) is 8.04. The molecule has 0 unspecified atom stereocenters. The molecule has 3 aromatic rings. The van der Waals surface area contributed by atoms with Crippen LogP contribution in [0.15, 0.2) is 54.6 Å². The summed E-state index contributed by atoms with van der Waals surface area (Å²) in [6, 6.07) is 18.6. The van der Waals surface area contributed by atoms with Gasteiger partial charge in [0.1, 0.15) is 24.7 Å². The summed E-state index contributed by atoms with van der Waals surface area (Å²) < 4.78 is 11.9. The van der Waals surface area contributed by atoms with E-state index in [1.165, 1.54) is 16.3 Å². The smallest absolute Gasteiger partial charge is 0.125 e. The van der Waals surface area contributed by atoms with Crippen LogP contribution in [0.25, 0.3) is 10.8 Å². The Balaban J connectivity index is 1.70. The Kier molecular flexibility index (Phi) is 5.56. The van der Waals surface area contributed by atoms with Gasteiger partial charge in [0.05, 0.1) is 0 Å². The molecule has 130 valence electrons. The van der Waals surface area contributed by atoms with Crippen molar-refractivity contribution in [3.8, 4) is 11.5 Å². The lowest BCUT2D eigenvalue weighted by Gasteiger charge is -2.15. The van der Waals surface area contributed by atoms with Gasteiger partial charge in [-0.15, -0.1) is 0 Å². The summed E-state index contributed by atoms with van der Waals surface area (Å²) in [4.78, 5) is 0. The Morgan fingerprint density at radius 3 is 2.28 bits per heavy atom. The second-order valence-corrected chi connectivity index (χ2v) is 6.22. The quantitative estimate of drug-likeness (QED) is 0.650. The molecule has 0 atom stereocenters. The van der Waals surface area contributed by atoms with Crippen LogP contribution >= 0.6 is 0 Å². The van der Waals surface area contributed by atoms with Crippen molar-refractivity contribution < 1.29 is 9.47 Å². The van der Waals surface area contributed by atoms with Gasteiger partial charge in [-0.1, -0.05) is 48.5 Å². The molecule has 0 aliphatic heterocycles. The SMILES string of the molecule is Cc1cccc(C)c1OCCOc1ccc2ccccc2c1CCN. The summed E-state index contributed by atoms with van der Waals surface area (Å²) in [7, 11) is 0. The van der Waals surface area contributed by atoms with Gasteiger partial charge in [-0.25, -0.2) is 0 Å². The van der Waals surface area contributed by atoms with Crippen molar-refractivity contribution in [1.82, 2.24) is 0 Å². The highest BCUT2D eigenvalue weighted by molar-refractivity contribution is 5.87. The highest BCUT2D eigenvalue weighted by atomic mass is 16.5. The molecule has 2 N–H and O–H groups in total. The molecule has 0 aromatic heterocycles. The maximum Gasteiger partial charge on any atom is 0.125 e. The number of nitrogens with two attached hydrogens (primary N) is 1. The zero-order valence-electron chi connectivity index (χ0n) is 14.9. The van der Waals surface area contributed by atoms with E-state index >= 15 is 0 Å². The third kappa shape index (κ3) is 3.94. The molecular formula is C22H25NO2. The number of ether oxygens (including phenoxy) is 2. The molecule has 0 saturated heterocycles. The van der Waals surface area contributed by atoms with E-state index in [2.05, 4.69) is 50.2 Å². The van der Waals surface area contributed by atoms with Crippen LogP contribution in [-0.4, -0.2) is 19.8 Å². The first-order chi connectivity index (χ1) is 12.2. The van der Waals surface area contributed by atoms with Crippen LogP contribution in [0.4, 0.5) is 0 Å². The lowest BCUT2D eigenvalue weighted by atomic mass is 10.0. The summed E-state index contributed by atoms with van der Waals surface area (Å²) in [5.74, 6) is 1.85. The van der Waals surface area contributed by atoms with Crippen LogP contribution < -0.4 is 15.2 Å². The fraction of sp³-hybridized carbons (Fsp3) is 0.273. The van der Waals surface area contributed by atoms with Crippen molar-refractivity contribution in [2.45, 2.75) is 20.3 Å². The van der Waals surface area contributed by atoms with E-state index in [9.17, 15) is 0 Å². The molecule has 0 bridgehead atoms. The Morgan fingerprint density at radius 1 is 0.800 bits per heavy atom. The molecule has 0 heterocycles. The second-order valence-electron chi connectivity index (χ2n) is 6.22. The normalized spacial score (nSPS) is 10.8. The summed E-state index contributed by atoms with van der Waals surface area (Å²) in [5, 5.41) is 2.42. The van der Waals surface area contributed by atoms with Gasteiger partial charge in [0, 0.05) is 5.56 Å². The number of hydrogen-bond acceptors (Lipinski definition) is 3. The van der Waals surface area contributed by atoms with Crippen molar-refractivity contribution in [2.24, 2.45) is 5.73 Å². The average Bonchev–Trinajstić information content (AvgIpc) is 2.62. The summed E-state index contributed by atoms with van der Waals surface area (Å²) >= 11 is 0. The zero-order valence-corrected chi connectivity index (χ0v) is 14.9. The van der Waals surface area contributed by atoms with Crippen LogP contribution in [0, 0.1) is 13.8 Å². The van der Waals surface area contributed by atoms with Crippen molar-refractivity contribution in [3.63, 3.8) is 0 Å². The molecule has 0 radical (unpaired) electrons. The van der Waals surface area contributed by atoms with Crippen molar-refractivity contribution in [2.75, 3.05) is 19.8 Å². The van der Waals surface area contributed by atoms with Gasteiger partial charge in [-0.3, -0.25) is 0 Å². The Bertz CT molecular complexity index is 838. The van der Waals surface area contributed by atoms with E-state index in [0.717, 1.165) is 29.0 Å². The fourth-order valence-electron chi connectivity index (χ4n) is 3.18. The van der Waals surface area contributed by atoms with Gasteiger partial charge in [0.25, 0.3) is 0 Å².